The molecule has 1 aromatic carbocycles. The molecule has 1 aromatic rings. The van der Waals surface area contributed by atoms with Crippen LogP contribution in [0, 0.1) is 5.82 Å². The Balaban J connectivity index is 2.40. The first-order valence-corrected chi connectivity index (χ1v) is 5.38. The van der Waals surface area contributed by atoms with Crippen LogP contribution in [0.25, 0.3) is 0 Å². The van der Waals surface area contributed by atoms with Crippen molar-refractivity contribution in [2.45, 2.75) is 32.4 Å². The predicted octanol–water partition coefficient (Wildman–Crippen LogP) is 1.45. The molecule has 1 unspecified atom stereocenters. The second-order valence-corrected chi connectivity index (χ2v) is 4.32. The lowest BCUT2D eigenvalue weighted by Crippen LogP contribution is -2.45. The quantitative estimate of drug-likeness (QED) is 0.781. The summed E-state index contributed by atoms with van der Waals surface area (Å²) in [6.45, 7) is 3.61. The van der Waals surface area contributed by atoms with Crippen LogP contribution in [0.15, 0.2) is 18.2 Å². The van der Waals surface area contributed by atoms with Crippen LogP contribution in [0.2, 0.25) is 0 Å². The van der Waals surface area contributed by atoms with Gasteiger partial charge >= 0.3 is 0 Å². The van der Waals surface area contributed by atoms with Crippen molar-refractivity contribution in [1.82, 2.24) is 0 Å². The van der Waals surface area contributed by atoms with Crippen molar-refractivity contribution in [3.8, 4) is 0 Å². The smallest absolute Gasteiger partial charge is 0.243 e. The van der Waals surface area contributed by atoms with Gasteiger partial charge in [0.2, 0.25) is 5.91 Å². The topological polar surface area (TPSA) is 46.3 Å². The van der Waals surface area contributed by atoms with Crippen LogP contribution in [0.3, 0.4) is 0 Å². The van der Waals surface area contributed by atoms with Gasteiger partial charge in [0.1, 0.15) is 5.82 Å². The van der Waals surface area contributed by atoms with E-state index in [-0.39, 0.29) is 17.8 Å². The van der Waals surface area contributed by atoms with Crippen LogP contribution >= 0.6 is 0 Å². The summed E-state index contributed by atoms with van der Waals surface area (Å²) in [5.41, 5.74) is 7.26. The third kappa shape index (κ3) is 1.69. The number of halogens is 1. The fraction of sp³-hybridized carbons (Fsp3) is 0.417. The molecule has 0 saturated carbocycles. The van der Waals surface area contributed by atoms with E-state index >= 15 is 0 Å². The van der Waals surface area contributed by atoms with E-state index in [9.17, 15) is 9.18 Å². The van der Waals surface area contributed by atoms with Crippen molar-refractivity contribution in [2.24, 2.45) is 5.73 Å². The third-order valence-electron chi connectivity index (χ3n) is 2.88. The molecule has 1 amide bonds. The Morgan fingerprint density at radius 1 is 1.62 bits per heavy atom. The lowest BCUT2D eigenvalue weighted by Gasteiger charge is -2.24. The molecular formula is C12H15FN2O. The Kier molecular flexibility index (Phi) is 2.68. The lowest BCUT2D eigenvalue weighted by atomic mass is 10.1. The van der Waals surface area contributed by atoms with Crippen molar-refractivity contribution in [3.05, 3.63) is 29.6 Å². The molecule has 1 aliphatic rings. The number of benzene rings is 1. The van der Waals surface area contributed by atoms with E-state index in [0.717, 1.165) is 11.3 Å². The van der Waals surface area contributed by atoms with Crippen LogP contribution in [-0.2, 0) is 11.2 Å². The summed E-state index contributed by atoms with van der Waals surface area (Å²) in [4.78, 5) is 13.6. The van der Waals surface area contributed by atoms with Gasteiger partial charge in [0, 0.05) is 11.7 Å². The fourth-order valence-electron chi connectivity index (χ4n) is 2.15. The Morgan fingerprint density at radius 2 is 2.31 bits per heavy atom. The SMILES string of the molecule is CC1Cc2cc(F)ccc2N1C(=O)[C@@H](C)N. The van der Waals surface area contributed by atoms with Crippen LogP contribution in [0.4, 0.5) is 10.1 Å². The lowest BCUT2D eigenvalue weighted by molar-refractivity contribution is -0.119. The maximum atomic E-state index is 13.0. The Labute approximate surface area is 94.0 Å². The predicted molar refractivity (Wildman–Crippen MR) is 60.7 cm³/mol. The number of nitrogens with two attached hydrogens (primary N) is 1. The fourth-order valence-corrected chi connectivity index (χ4v) is 2.15. The molecule has 0 bridgehead atoms. The van der Waals surface area contributed by atoms with Gasteiger partial charge in [-0.1, -0.05) is 0 Å². The van der Waals surface area contributed by atoms with Gasteiger partial charge in [-0.3, -0.25) is 4.79 Å². The molecule has 1 heterocycles. The second-order valence-electron chi connectivity index (χ2n) is 4.32. The van der Waals surface area contributed by atoms with E-state index in [1.807, 2.05) is 6.92 Å². The highest BCUT2D eigenvalue weighted by Gasteiger charge is 2.32. The molecule has 0 fully saturated rings. The summed E-state index contributed by atoms with van der Waals surface area (Å²) in [6.07, 6.45) is 0.686. The van der Waals surface area contributed by atoms with Gasteiger partial charge < -0.3 is 10.6 Å². The summed E-state index contributed by atoms with van der Waals surface area (Å²) in [6, 6.07) is 4.03. The standard InChI is InChI=1S/C12H15FN2O/c1-7-5-9-6-10(13)3-4-11(9)15(7)12(16)8(2)14/h3-4,6-8H,5,14H2,1-2H3/t7?,8-/m1/s1. The summed E-state index contributed by atoms with van der Waals surface area (Å²) >= 11 is 0. The average molecular weight is 222 g/mol. The van der Waals surface area contributed by atoms with Gasteiger partial charge in [0.05, 0.1) is 6.04 Å². The first-order valence-electron chi connectivity index (χ1n) is 5.38. The summed E-state index contributed by atoms with van der Waals surface area (Å²) in [7, 11) is 0. The average Bonchev–Trinajstić information content (AvgIpc) is 2.51. The highest BCUT2D eigenvalue weighted by Crippen LogP contribution is 2.32. The number of amides is 1. The number of hydrogen-bond donors (Lipinski definition) is 1. The Morgan fingerprint density at radius 3 is 2.94 bits per heavy atom. The number of rotatable bonds is 1. The zero-order valence-electron chi connectivity index (χ0n) is 9.40. The maximum Gasteiger partial charge on any atom is 0.243 e. The highest BCUT2D eigenvalue weighted by atomic mass is 19.1. The highest BCUT2D eigenvalue weighted by molar-refractivity contribution is 5.99. The molecule has 3 nitrogen and oxygen atoms in total. The molecule has 2 rings (SSSR count). The van der Waals surface area contributed by atoms with Crippen LogP contribution in [0.5, 0.6) is 0 Å². The number of carbonyl (C=O) groups excluding carboxylic acids is 1. The van der Waals surface area contributed by atoms with E-state index in [1.165, 1.54) is 12.1 Å². The van der Waals surface area contributed by atoms with Gasteiger partial charge in [-0.2, -0.15) is 0 Å². The van der Waals surface area contributed by atoms with Crippen LogP contribution in [0.1, 0.15) is 19.4 Å². The molecule has 0 spiro atoms. The summed E-state index contributed by atoms with van der Waals surface area (Å²) in [5.74, 6) is -0.376. The van der Waals surface area contributed by atoms with Crippen LogP contribution < -0.4 is 10.6 Å². The second kappa shape index (κ2) is 3.87. The molecule has 1 aliphatic heterocycles. The van der Waals surface area contributed by atoms with Crippen molar-refractivity contribution >= 4 is 11.6 Å². The molecule has 86 valence electrons. The van der Waals surface area contributed by atoms with Gasteiger partial charge in [0.15, 0.2) is 0 Å². The van der Waals surface area contributed by atoms with Gasteiger partial charge in [0.25, 0.3) is 0 Å². The first kappa shape index (κ1) is 11.1. The number of fused-ring (bicyclic) bond motifs is 1. The number of hydrogen-bond acceptors (Lipinski definition) is 2. The van der Waals surface area contributed by atoms with E-state index in [1.54, 1.807) is 17.9 Å². The Hall–Kier alpha value is -1.42. The summed E-state index contributed by atoms with van der Waals surface area (Å²) in [5, 5.41) is 0. The zero-order valence-corrected chi connectivity index (χ0v) is 9.40. The number of anilines is 1. The molecule has 0 aliphatic carbocycles. The van der Waals surface area contributed by atoms with Gasteiger partial charge in [-0.05, 0) is 44.0 Å². The van der Waals surface area contributed by atoms with Crippen LogP contribution in [-0.4, -0.2) is 18.0 Å². The third-order valence-corrected chi connectivity index (χ3v) is 2.88. The maximum absolute atomic E-state index is 13.0. The van der Waals surface area contributed by atoms with E-state index in [0.29, 0.717) is 6.42 Å². The molecule has 0 aromatic heterocycles. The summed E-state index contributed by atoms with van der Waals surface area (Å²) < 4.78 is 13.0. The largest absolute Gasteiger partial charge is 0.320 e. The number of nitrogens with zero attached hydrogens (tertiary/aromatic N) is 1. The van der Waals surface area contributed by atoms with Gasteiger partial charge in [-0.15, -0.1) is 0 Å². The normalized spacial score (nSPS) is 20.8. The van der Waals surface area contributed by atoms with Gasteiger partial charge in [-0.25, -0.2) is 4.39 Å². The molecule has 2 N–H and O–H groups in total. The van der Waals surface area contributed by atoms with Crippen molar-refractivity contribution in [2.75, 3.05) is 4.90 Å². The first-order chi connectivity index (χ1) is 7.50. The van der Waals surface area contributed by atoms with E-state index < -0.39 is 6.04 Å². The Bertz CT molecular complexity index is 431. The monoisotopic (exact) mass is 222 g/mol. The molecular weight excluding hydrogens is 207 g/mol. The van der Waals surface area contributed by atoms with Crippen molar-refractivity contribution < 1.29 is 9.18 Å². The minimum atomic E-state index is -0.529. The molecule has 2 atom stereocenters. The van der Waals surface area contributed by atoms with E-state index in [4.69, 9.17) is 5.73 Å². The zero-order chi connectivity index (χ0) is 11.9. The minimum absolute atomic E-state index is 0.0512. The molecule has 4 heteroatoms. The molecule has 0 radical (unpaired) electrons. The minimum Gasteiger partial charge on any atom is -0.320 e. The van der Waals surface area contributed by atoms with Crippen molar-refractivity contribution in [1.29, 1.82) is 0 Å². The van der Waals surface area contributed by atoms with E-state index in [2.05, 4.69) is 0 Å². The molecule has 16 heavy (non-hydrogen) atoms. The number of carbonyl (C=O) groups is 1. The molecule has 0 saturated heterocycles. The van der Waals surface area contributed by atoms with Crippen molar-refractivity contribution in [3.63, 3.8) is 0 Å².